The van der Waals surface area contributed by atoms with Crippen LogP contribution in [0.4, 0.5) is 11.4 Å². The van der Waals surface area contributed by atoms with Crippen molar-refractivity contribution >= 4 is 23.1 Å². The lowest BCUT2D eigenvalue weighted by molar-refractivity contribution is -0.384. The Labute approximate surface area is 170 Å². The van der Waals surface area contributed by atoms with Crippen LogP contribution in [0.5, 0.6) is 0 Å². The summed E-state index contributed by atoms with van der Waals surface area (Å²) in [6.07, 6.45) is 0. The molecule has 0 saturated carbocycles. The predicted molar refractivity (Wildman–Crippen MR) is 113 cm³/mol. The minimum atomic E-state index is -0.521. The Morgan fingerprint density at radius 3 is 2.38 bits per heavy atom. The Balaban J connectivity index is 2.34. The topological polar surface area (TPSA) is 105 Å². The molecule has 0 saturated heterocycles. The number of nitro benzene ring substituents is 1. The van der Waals surface area contributed by atoms with Crippen molar-refractivity contribution in [1.29, 1.82) is 0 Å². The summed E-state index contributed by atoms with van der Waals surface area (Å²) in [5, 5.41) is 17.4. The van der Waals surface area contributed by atoms with E-state index in [0.29, 0.717) is 12.2 Å². The molecule has 2 rings (SSSR count). The van der Waals surface area contributed by atoms with E-state index in [9.17, 15) is 19.7 Å². The van der Waals surface area contributed by atoms with E-state index in [1.54, 1.807) is 43.3 Å². The number of nitro groups is 1. The van der Waals surface area contributed by atoms with Crippen molar-refractivity contribution in [2.24, 2.45) is 0 Å². The summed E-state index contributed by atoms with van der Waals surface area (Å²) in [5.74, 6) is -0.804. The van der Waals surface area contributed by atoms with Gasteiger partial charge >= 0.3 is 0 Å². The van der Waals surface area contributed by atoms with Gasteiger partial charge in [0.15, 0.2) is 5.78 Å². The van der Waals surface area contributed by atoms with Crippen molar-refractivity contribution in [3.05, 3.63) is 69.3 Å². The lowest BCUT2D eigenvalue weighted by Gasteiger charge is -2.15. The quantitative estimate of drug-likeness (QED) is 0.382. The van der Waals surface area contributed by atoms with Gasteiger partial charge in [-0.05, 0) is 31.7 Å². The average Bonchev–Trinajstić information content (AvgIpc) is 2.71. The minimum Gasteiger partial charge on any atom is -0.372 e. The van der Waals surface area contributed by atoms with E-state index in [2.05, 4.69) is 10.6 Å². The molecule has 0 radical (unpaired) electrons. The summed E-state index contributed by atoms with van der Waals surface area (Å²) in [6.45, 7) is 5.13. The van der Waals surface area contributed by atoms with Crippen LogP contribution in [0.2, 0.25) is 0 Å². The van der Waals surface area contributed by atoms with Crippen LogP contribution in [0.25, 0.3) is 0 Å². The first kappa shape index (κ1) is 22.0. The van der Waals surface area contributed by atoms with Crippen molar-refractivity contribution in [3.8, 4) is 0 Å². The highest BCUT2D eigenvalue weighted by Crippen LogP contribution is 2.29. The van der Waals surface area contributed by atoms with Crippen LogP contribution in [0.15, 0.2) is 42.5 Å². The highest BCUT2D eigenvalue weighted by molar-refractivity contribution is 6.15. The largest absolute Gasteiger partial charge is 0.372 e. The number of benzene rings is 2. The van der Waals surface area contributed by atoms with Gasteiger partial charge in [0.25, 0.3) is 11.6 Å². The Morgan fingerprint density at radius 2 is 1.79 bits per heavy atom. The van der Waals surface area contributed by atoms with E-state index in [1.807, 2.05) is 13.8 Å². The molecule has 1 amide bonds. The summed E-state index contributed by atoms with van der Waals surface area (Å²) in [5.41, 5.74) is 0.828. The highest BCUT2D eigenvalue weighted by atomic mass is 16.6. The summed E-state index contributed by atoms with van der Waals surface area (Å²) in [4.78, 5) is 38.2. The van der Waals surface area contributed by atoms with E-state index < -0.39 is 10.7 Å². The van der Waals surface area contributed by atoms with Crippen LogP contribution in [0.1, 0.15) is 40.1 Å². The number of hydrogen-bond donors (Lipinski definition) is 2. The van der Waals surface area contributed by atoms with Gasteiger partial charge in [0, 0.05) is 43.9 Å². The van der Waals surface area contributed by atoms with Gasteiger partial charge in [-0.15, -0.1) is 0 Å². The fraction of sp³-hybridized carbons (Fsp3) is 0.333. The Bertz CT molecular complexity index is 911. The maximum Gasteiger partial charge on any atom is 0.293 e. The average molecular weight is 398 g/mol. The number of ketones is 1. The molecule has 2 aromatic rings. The molecule has 0 unspecified atom stereocenters. The van der Waals surface area contributed by atoms with Gasteiger partial charge in [-0.1, -0.05) is 25.1 Å². The maximum absolute atomic E-state index is 13.0. The lowest BCUT2D eigenvalue weighted by atomic mass is 9.97. The summed E-state index contributed by atoms with van der Waals surface area (Å²) in [6, 6.07) is 10.9. The molecule has 0 aliphatic rings. The Hall–Kier alpha value is -3.26. The molecule has 0 spiro atoms. The van der Waals surface area contributed by atoms with Gasteiger partial charge in [0.05, 0.1) is 10.5 Å². The van der Waals surface area contributed by atoms with Crippen molar-refractivity contribution in [3.63, 3.8) is 0 Å². The van der Waals surface area contributed by atoms with Crippen molar-refractivity contribution in [2.75, 3.05) is 32.1 Å². The molecule has 8 heteroatoms. The van der Waals surface area contributed by atoms with E-state index in [4.69, 9.17) is 0 Å². The second-order valence-corrected chi connectivity index (χ2v) is 6.90. The second-order valence-electron chi connectivity index (χ2n) is 6.90. The monoisotopic (exact) mass is 398 g/mol. The molecular weight excluding hydrogens is 372 g/mol. The van der Waals surface area contributed by atoms with Crippen LogP contribution in [-0.2, 0) is 0 Å². The van der Waals surface area contributed by atoms with Crippen molar-refractivity contribution in [1.82, 2.24) is 10.6 Å². The lowest BCUT2D eigenvalue weighted by Crippen LogP contribution is -2.39. The standard InChI is InChI=1S/C21H26N4O4/c1-5-22-14(2)13-23-21(27)17-9-7-6-8-16(17)20(26)15-10-11-18(24(3)4)19(12-15)25(28)29/h6-12,14,22H,5,13H2,1-4H3,(H,23,27)/t14-/m1/s1. The zero-order valence-corrected chi connectivity index (χ0v) is 17.1. The van der Waals surface area contributed by atoms with Crippen LogP contribution in [-0.4, -0.2) is 49.8 Å². The predicted octanol–water partition coefficient (Wildman–Crippen LogP) is 2.62. The Morgan fingerprint density at radius 1 is 1.14 bits per heavy atom. The molecule has 0 aliphatic heterocycles. The zero-order chi connectivity index (χ0) is 21.6. The third-order valence-electron chi connectivity index (χ3n) is 4.45. The third-order valence-corrected chi connectivity index (χ3v) is 4.45. The van der Waals surface area contributed by atoms with Crippen LogP contribution in [0, 0.1) is 10.1 Å². The zero-order valence-electron chi connectivity index (χ0n) is 17.1. The van der Waals surface area contributed by atoms with Crippen molar-refractivity contribution < 1.29 is 14.5 Å². The molecule has 1 atom stereocenters. The molecule has 0 aromatic heterocycles. The van der Waals surface area contributed by atoms with E-state index in [1.165, 1.54) is 18.2 Å². The van der Waals surface area contributed by atoms with E-state index in [-0.39, 0.29) is 34.3 Å². The van der Waals surface area contributed by atoms with Crippen LogP contribution < -0.4 is 15.5 Å². The second kappa shape index (κ2) is 9.79. The van der Waals surface area contributed by atoms with Gasteiger partial charge in [-0.25, -0.2) is 0 Å². The van der Waals surface area contributed by atoms with Gasteiger partial charge in [0.1, 0.15) is 5.69 Å². The van der Waals surface area contributed by atoms with Crippen LogP contribution >= 0.6 is 0 Å². The molecule has 8 nitrogen and oxygen atoms in total. The number of nitrogens with one attached hydrogen (secondary N) is 2. The fourth-order valence-electron chi connectivity index (χ4n) is 2.99. The number of likely N-dealkylation sites (N-methyl/N-ethyl adjacent to an activating group) is 1. The van der Waals surface area contributed by atoms with Gasteiger partial charge < -0.3 is 15.5 Å². The molecule has 0 heterocycles. The van der Waals surface area contributed by atoms with E-state index in [0.717, 1.165) is 6.54 Å². The van der Waals surface area contributed by atoms with Crippen LogP contribution in [0.3, 0.4) is 0 Å². The van der Waals surface area contributed by atoms with Gasteiger partial charge in [-0.3, -0.25) is 19.7 Å². The molecule has 0 bridgehead atoms. The first-order valence-corrected chi connectivity index (χ1v) is 9.37. The van der Waals surface area contributed by atoms with Gasteiger partial charge in [-0.2, -0.15) is 0 Å². The normalized spacial score (nSPS) is 11.6. The summed E-state index contributed by atoms with van der Waals surface area (Å²) in [7, 11) is 3.38. The molecule has 2 aromatic carbocycles. The Kier molecular flexibility index (Phi) is 7.44. The third kappa shape index (κ3) is 5.39. The molecular formula is C21H26N4O4. The van der Waals surface area contributed by atoms with Gasteiger partial charge in [0.2, 0.25) is 0 Å². The highest BCUT2D eigenvalue weighted by Gasteiger charge is 2.22. The van der Waals surface area contributed by atoms with E-state index >= 15 is 0 Å². The smallest absolute Gasteiger partial charge is 0.293 e. The van der Waals surface area contributed by atoms with Crippen molar-refractivity contribution in [2.45, 2.75) is 19.9 Å². The minimum absolute atomic E-state index is 0.0908. The number of amides is 1. The first-order valence-electron chi connectivity index (χ1n) is 9.37. The molecule has 2 N–H and O–H groups in total. The number of rotatable bonds is 9. The first-order chi connectivity index (χ1) is 13.8. The molecule has 29 heavy (non-hydrogen) atoms. The number of nitrogens with zero attached hydrogens (tertiary/aromatic N) is 2. The fourth-order valence-corrected chi connectivity index (χ4v) is 2.99. The summed E-state index contributed by atoms with van der Waals surface area (Å²) >= 11 is 0. The summed E-state index contributed by atoms with van der Waals surface area (Å²) < 4.78 is 0. The maximum atomic E-state index is 13.0. The number of anilines is 1. The molecule has 0 aliphatic carbocycles. The number of carbonyl (C=O) groups is 2. The number of hydrogen-bond acceptors (Lipinski definition) is 6. The molecule has 154 valence electrons. The molecule has 0 fully saturated rings. The SMILES string of the molecule is CCN[C@H](C)CNC(=O)c1ccccc1C(=O)c1ccc(N(C)C)c([N+](=O)[O-])c1. The number of carbonyl (C=O) groups excluding carboxylic acids is 2.